The van der Waals surface area contributed by atoms with E-state index in [1.807, 2.05) is 31.0 Å². The van der Waals surface area contributed by atoms with Gasteiger partial charge in [0, 0.05) is 31.9 Å². The molecular formula is C12H18N6O. The van der Waals surface area contributed by atoms with Crippen LogP contribution in [-0.2, 0) is 31.5 Å². The van der Waals surface area contributed by atoms with Crippen molar-refractivity contribution in [3.8, 4) is 0 Å². The lowest BCUT2D eigenvalue weighted by atomic mass is 10.2. The third-order valence-electron chi connectivity index (χ3n) is 3.32. The molecule has 1 N–H and O–H groups in total. The number of nitrogens with one attached hydrogen (secondary N) is 1. The molecule has 0 saturated heterocycles. The van der Waals surface area contributed by atoms with Gasteiger partial charge in [-0.15, -0.1) is 5.10 Å². The Balaban J connectivity index is 1.50. The minimum atomic E-state index is 0.144. The van der Waals surface area contributed by atoms with Gasteiger partial charge in [-0.05, 0) is 6.92 Å². The number of fused-ring (bicyclic) bond motifs is 1. The molecule has 0 spiro atoms. The SMILES string of the molecule is Cc1nnn2c1COC(CNCc1cnn(C)c1)C2. The third kappa shape index (κ3) is 2.66. The Morgan fingerprint density at radius 1 is 1.53 bits per heavy atom. The molecule has 0 saturated carbocycles. The van der Waals surface area contributed by atoms with Gasteiger partial charge in [0.15, 0.2) is 0 Å². The summed E-state index contributed by atoms with van der Waals surface area (Å²) in [6.07, 6.45) is 4.02. The molecule has 1 aliphatic heterocycles. The van der Waals surface area contributed by atoms with Crippen molar-refractivity contribution >= 4 is 0 Å². The van der Waals surface area contributed by atoms with Crippen molar-refractivity contribution in [1.29, 1.82) is 0 Å². The average Bonchev–Trinajstić information content (AvgIpc) is 2.97. The molecule has 102 valence electrons. The number of nitrogens with zero attached hydrogens (tertiary/aromatic N) is 5. The first-order valence-electron chi connectivity index (χ1n) is 6.41. The molecule has 2 aromatic rings. The van der Waals surface area contributed by atoms with Gasteiger partial charge in [-0.1, -0.05) is 5.21 Å². The highest BCUT2D eigenvalue weighted by Crippen LogP contribution is 2.14. The lowest BCUT2D eigenvalue weighted by molar-refractivity contribution is 0.000692. The molecule has 0 aromatic carbocycles. The number of rotatable bonds is 4. The fourth-order valence-corrected chi connectivity index (χ4v) is 2.25. The summed E-state index contributed by atoms with van der Waals surface area (Å²) in [5, 5.41) is 15.7. The summed E-state index contributed by atoms with van der Waals surface area (Å²) in [6, 6.07) is 0. The summed E-state index contributed by atoms with van der Waals surface area (Å²) in [5.74, 6) is 0. The molecule has 1 atom stereocenters. The molecular weight excluding hydrogens is 244 g/mol. The predicted molar refractivity (Wildman–Crippen MR) is 68.3 cm³/mol. The largest absolute Gasteiger partial charge is 0.369 e. The summed E-state index contributed by atoms with van der Waals surface area (Å²) in [6.45, 7) is 4.92. The van der Waals surface area contributed by atoms with Crippen LogP contribution in [-0.4, -0.2) is 37.4 Å². The first-order chi connectivity index (χ1) is 9.22. The fourth-order valence-electron chi connectivity index (χ4n) is 2.25. The second kappa shape index (κ2) is 5.10. The van der Waals surface area contributed by atoms with Gasteiger partial charge in [0.2, 0.25) is 0 Å². The molecule has 0 bridgehead atoms. The Hall–Kier alpha value is -1.73. The standard InChI is InChI=1S/C12H18N6O/c1-9-12-8-19-11(7-18(12)16-15-9)5-13-3-10-4-14-17(2)6-10/h4,6,11,13H,3,5,7-8H2,1-2H3. The van der Waals surface area contributed by atoms with Crippen molar-refractivity contribution < 1.29 is 4.74 Å². The molecule has 7 heteroatoms. The van der Waals surface area contributed by atoms with Gasteiger partial charge in [0.05, 0.1) is 36.8 Å². The summed E-state index contributed by atoms with van der Waals surface area (Å²) < 4.78 is 9.55. The smallest absolute Gasteiger partial charge is 0.0909 e. The molecule has 19 heavy (non-hydrogen) atoms. The highest BCUT2D eigenvalue weighted by Gasteiger charge is 2.21. The van der Waals surface area contributed by atoms with E-state index in [4.69, 9.17) is 4.74 Å². The number of aromatic nitrogens is 5. The van der Waals surface area contributed by atoms with E-state index in [-0.39, 0.29) is 6.10 Å². The van der Waals surface area contributed by atoms with E-state index in [0.717, 1.165) is 31.0 Å². The number of aryl methyl sites for hydroxylation is 2. The number of hydrogen-bond acceptors (Lipinski definition) is 5. The van der Waals surface area contributed by atoms with Crippen molar-refractivity contribution in [1.82, 2.24) is 30.1 Å². The zero-order chi connectivity index (χ0) is 13.2. The van der Waals surface area contributed by atoms with E-state index < -0.39 is 0 Å². The van der Waals surface area contributed by atoms with Gasteiger partial charge < -0.3 is 10.1 Å². The van der Waals surface area contributed by atoms with Gasteiger partial charge in [-0.2, -0.15) is 5.10 Å². The van der Waals surface area contributed by atoms with E-state index in [0.29, 0.717) is 6.61 Å². The molecule has 0 radical (unpaired) electrons. The van der Waals surface area contributed by atoms with Crippen LogP contribution in [0.2, 0.25) is 0 Å². The topological polar surface area (TPSA) is 69.8 Å². The van der Waals surface area contributed by atoms with Gasteiger partial charge >= 0.3 is 0 Å². The summed E-state index contributed by atoms with van der Waals surface area (Å²) in [5.41, 5.74) is 3.22. The van der Waals surface area contributed by atoms with Crippen molar-refractivity contribution in [2.45, 2.75) is 32.7 Å². The van der Waals surface area contributed by atoms with E-state index in [1.54, 1.807) is 4.68 Å². The molecule has 7 nitrogen and oxygen atoms in total. The van der Waals surface area contributed by atoms with Crippen LogP contribution >= 0.6 is 0 Å². The van der Waals surface area contributed by atoms with Crippen LogP contribution in [0, 0.1) is 6.92 Å². The monoisotopic (exact) mass is 262 g/mol. The van der Waals surface area contributed by atoms with Crippen molar-refractivity contribution in [2.24, 2.45) is 7.05 Å². The molecule has 1 aliphatic rings. The maximum absolute atomic E-state index is 5.80. The molecule has 1 unspecified atom stereocenters. The maximum atomic E-state index is 5.80. The fraction of sp³-hybridized carbons (Fsp3) is 0.583. The minimum absolute atomic E-state index is 0.144. The van der Waals surface area contributed by atoms with Crippen molar-refractivity contribution in [2.75, 3.05) is 6.54 Å². The highest BCUT2D eigenvalue weighted by molar-refractivity contribution is 5.08. The van der Waals surface area contributed by atoms with Gasteiger partial charge in [0.25, 0.3) is 0 Å². The predicted octanol–water partition coefficient (Wildman–Crippen LogP) is 0.00862. The Bertz CT molecular complexity index is 560. The second-order valence-electron chi connectivity index (χ2n) is 4.89. The van der Waals surface area contributed by atoms with E-state index in [9.17, 15) is 0 Å². The Labute approximate surface area is 111 Å². The van der Waals surface area contributed by atoms with Crippen LogP contribution in [0.25, 0.3) is 0 Å². The summed E-state index contributed by atoms with van der Waals surface area (Å²) in [4.78, 5) is 0. The zero-order valence-corrected chi connectivity index (χ0v) is 11.2. The molecule has 0 amide bonds. The first kappa shape index (κ1) is 12.3. The van der Waals surface area contributed by atoms with Crippen molar-refractivity contribution in [3.05, 3.63) is 29.3 Å². The van der Waals surface area contributed by atoms with Gasteiger partial charge in [-0.25, -0.2) is 4.68 Å². The van der Waals surface area contributed by atoms with Crippen LogP contribution in [0.4, 0.5) is 0 Å². The van der Waals surface area contributed by atoms with Crippen molar-refractivity contribution in [3.63, 3.8) is 0 Å². The lowest BCUT2D eigenvalue weighted by Crippen LogP contribution is -2.36. The molecule has 2 aromatic heterocycles. The minimum Gasteiger partial charge on any atom is -0.369 e. The summed E-state index contributed by atoms with van der Waals surface area (Å²) >= 11 is 0. The van der Waals surface area contributed by atoms with E-state index in [1.165, 1.54) is 5.56 Å². The van der Waals surface area contributed by atoms with E-state index >= 15 is 0 Å². The number of hydrogen-bond donors (Lipinski definition) is 1. The quantitative estimate of drug-likeness (QED) is 0.840. The average molecular weight is 262 g/mol. The highest BCUT2D eigenvalue weighted by atomic mass is 16.5. The normalized spacial score (nSPS) is 18.5. The molecule has 0 aliphatic carbocycles. The molecule has 0 fully saturated rings. The Morgan fingerprint density at radius 3 is 3.21 bits per heavy atom. The molecule has 3 rings (SSSR count). The third-order valence-corrected chi connectivity index (χ3v) is 3.32. The maximum Gasteiger partial charge on any atom is 0.0909 e. The Kier molecular flexibility index (Phi) is 3.31. The van der Waals surface area contributed by atoms with Crippen LogP contribution < -0.4 is 5.32 Å². The number of ether oxygens (including phenoxy) is 1. The van der Waals surface area contributed by atoms with Gasteiger partial charge in [-0.3, -0.25) is 4.68 Å². The lowest BCUT2D eigenvalue weighted by Gasteiger charge is -2.24. The van der Waals surface area contributed by atoms with Crippen LogP contribution in [0.5, 0.6) is 0 Å². The van der Waals surface area contributed by atoms with Crippen LogP contribution in [0.15, 0.2) is 12.4 Å². The zero-order valence-electron chi connectivity index (χ0n) is 11.2. The van der Waals surface area contributed by atoms with Crippen LogP contribution in [0.3, 0.4) is 0 Å². The second-order valence-corrected chi connectivity index (χ2v) is 4.89. The van der Waals surface area contributed by atoms with Gasteiger partial charge in [0.1, 0.15) is 0 Å². The summed E-state index contributed by atoms with van der Waals surface area (Å²) in [7, 11) is 1.92. The first-order valence-corrected chi connectivity index (χ1v) is 6.41. The van der Waals surface area contributed by atoms with Crippen LogP contribution in [0.1, 0.15) is 17.0 Å². The molecule has 3 heterocycles. The van der Waals surface area contributed by atoms with E-state index in [2.05, 4.69) is 20.7 Å². The Morgan fingerprint density at radius 2 is 2.42 bits per heavy atom.